The van der Waals surface area contributed by atoms with Gasteiger partial charge in [-0.1, -0.05) is 52.2 Å². The van der Waals surface area contributed by atoms with Crippen molar-refractivity contribution in [3.63, 3.8) is 0 Å². The topological polar surface area (TPSA) is 35.5 Å². The zero-order valence-electron chi connectivity index (χ0n) is 16.1. The molecule has 0 spiro atoms. The minimum atomic E-state index is -1.94. The third-order valence-electron chi connectivity index (χ3n) is 4.84. The van der Waals surface area contributed by atoms with Crippen LogP contribution in [0, 0.1) is 0 Å². The maximum Gasteiger partial charge on any atom is 0.303 e. The van der Waals surface area contributed by atoms with Gasteiger partial charge in [0, 0.05) is 13.3 Å². The second kappa shape index (κ2) is 5.60. The molecular weight excluding hydrogens is 308 g/mol. The number of esters is 1. The summed E-state index contributed by atoms with van der Waals surface area (Å²) in [5.41, 5.74) is 1.35. The summed E-state index contributed by atoms with van der Waals surface area (Å²) in [6, 6.07) is 0. The van der Waals surface area contributed by atoms with Crippen LogP contribution in [0.25, 0.3) is 0 Å². The van der Waals surface area contributed by atoms with Crippen molar-refractivity contribution in [1.29, 1.82) is 0 Å². The minimum Gasteiger partial charge on any atom is -0.456 e. The molecule has 0 aliphatic heterocycles. The summed E-state index contributed by atoms with van der Waals surface area (Å²) >= 11 is 0. The van der Waals surface area contributed by atoms with E-state index < -0.39 is 27.6 Å². The predicted octanol–water partition coefficient (Wildman–Crippen LogP) is 4.91. The SMILES string of the molecule is CC(=O)O[C@]1(C)C[C@@]1(/C=C\[Si](C)(C)C)O[Si](C)(C)C(C)(C)C. The van der Waals surface area contributed by atoms with E-state index in [4.69, 9.17) is 9.16 Å². The van der Waals surface area contributed by atoms with Crippen LogP contribution in [-0.4, -0.2) is 33.6 Å². The fraction of sp³-hybridized carbons (Fsp3) is 0.824. The first-order valence-corrected chi connectivity index (χ1v) is 14.6. The van der Waals surface area contributed by atoms with Gasteiger partial charge in [0.15, 0.2) is 8.32 Å². The molecule has 0 bridgehead atoms. The van der Waals surface area contributed by atoms with E-state index in [9.17, 15) is 4.79 Å². The van der Waals surface area contributed by atoms with E-state index in [0.717, 1.165) is 6.42 Å². The molecule has 0 aromatic carbocycles. The Morgan fingerprint density at radius 1 is 1.14 bits per heavy atom. The fourth-order valence-corrected chi connectivity index (χ4v) is 4.65. The van der Waals surface area contributed by atoms with Crippen molar-refractivity contribution in [2.75, 3.05) is 0 Å². The lowest BCUT2D eigenvalue weighted by Gasteiger charge is -2.40. The monoisotopic (exact) mass is 342 g/mol. The van der Waals surface area contributed by atoms with E-state index in [2.05, 4.69) is 65.3 Å². The molecule has 0 N–H and O–H groups in total. The van der Waals surface area contributed by atoms with Crippen LogP contribution in [-0.2, 0) is 14.0 Å². The highest BCUT2D eigenvalue weighted by Gasteiger charge is 2.69. The van der Waals surface area contributed by atoms with Gasteiger partial charge in [0.25, 0.3) is 0 Å². The van der Waals surface area contributed by atoms with Gasteiger partial charge in [-0.05, 0) is 25.1 Å². The molecule has 0 radical (unpaired) electrons. The van der Waals surface area contributed by atoms with E-state index in [1.807, 2.05) is 6.92 Å². The Morgan fingerprint density at radius 2 is 1.64 bits per heavy atom. The highest BCUT2D eigenvalue weighted by Crippen LogP contribution is 2.58. The van der Waals surface area contributed by atoms with Crippen molar-refractivity contribution in [1.82, 2.24) is 0 Å². The first-order valence-electron chi connectivity index (χ1n) is 8.14. The summed E-state index contributed by atoms with van der Waals surface area (Å²) in [4.78, 5) is 11.5. The Balaban J connectivity index is 3.12. The summed E-state index contributed by atoms with van der Waals surface area (Å²) in [7, 11) is -3.28. The molecule has 2 atom stereocenters. The van der Waals surface area contributed by atoms with E-state index in [1.165, 1.54) is 6.92 Å². The highest BCUT2D eigenvalue weighted by molar-refractivity contribution is 6.81. The largest absolute Gasteiger partial charge is 0.456 e. The molecule has 1 saturated carbocycles. The molecule has 0 heterocycles. The van der Waals surface area contributed by atoms with Crippen LogP contribution in [0.4, 0.5) is 0 Å². The van der Waals surface area contributed by atoms with Gasteiger partial charge < -0.3 is 9.16 Å². The molecule has 1 aliphatic carbocycles. The zero-order valence-corrected chi connectivity index (χ0v) is 18.1. The Labute approximate surface area is 138 Å². The standard InChI is InChI=1S/C17H34O3Si2/c1-14(18)19-16(5)13-17(16,11-12-21(6,7)8)20-22(9,10)15(2,3)4/h11-12H,13H2,1-10H3/b12-11-/t16-,17-/m1/s1. The zero-order chi connectivity index (χ0) is 17.6. The summed E-state index contributed by atoms with van der Waals surface area (Å²) < 4.78 is 12.3. The Morgan fingerprint density at radius 3 is 2.00 bits per heavy atom. The van der Waals surface area contributed by atoms with Crippen molar-refractivity contribution in [2.45, 2.75) is 90.0 Å². The van der Waals surface area contributed by atoms with Gasteiger partial charge in [-0.25, -0.2) is 0 Å². The van der Waals surface area contributed by atoms with Gasteiger partial charge in [0.2, 0.25) is 0 Å². The van der Waals surface area contributed by atoms with Crippen molar-refractivity contribution in [3.8, 4) is 0 Å². The van der Waals surface area contributed by atoms with Crippen LogP contribution in [0.1, 0.15) is 41.0 Å². The summed E-state index contributed by atoms with van der Waals surface area (Å²) in [5, 5.41) is 0.132. The van der Waals surface area contributed by atoms with Crippen LogP contribution in [0.3, 0.4) is 0 Å². The third-order valence-corrected chi connectivity index (χ3v) is 10.5. The Hall–Kier alpha value is -0.396. The van der Waals surface area contributed by atoms with E-state index >= 15 is 0 Å². The minimum absolute atomic E-state index is 0.132. The third kappa shape index (κ3) is 4.33. The molecule has 0 aromatic heterocycles. The molecule has 0 unspecified atom stereocenters. The molecule has 3 nitrogen and oxygen atoms in total. The molecule has 0 saturated heterocycles. The maximum absolute atomic E-state index is 11.5. The van der Waals surface area contributed by atoms with Crippen LogP contribution < -0.4 is 0 Å². The Bertz CT molecular complexity index is 471. The van der Waals surface area contributed by atoms with Crippen molar-refractivity contribution in [2.24, 2.45) is 0 Å². The Kier molecular flexibility index (Phi) is 5.00. The van der Waals surface area contributed by atoms with Gasteiger partial charge >= 0.3 is 5.97 Å². The number of rotatable bonds is 5. The van der Waals surface area contributed by atoms with Gasteiger partial charge in [-0.2, -0.15) is 0 Å². The average molecular weight is 343 g/mol. The van der Waals surface area contributed by atoms with Crippen molar-refractivity contribution >= 4 is 22.4 Å². The van der Waals surface area contributed by atoms with E-state index in [0.29, 0.717) is 0 Å². The van der Waals surface area contributed by atoms with Crippen LogP contribution in [0.2, 0.25) is 37.8 Å². The normalized spacial score (nSPS) is 29.7. The quantitative estimate of drug-likeness (QED) is 0.526. The number of carbonyl (C=O) groups is 1. The maximum atomic E-state index is 11.5. The molecule has 0 aromatic rings. The molecule has 0 amide bonds. The average Bonchev–Trinajstić information content (AvgIpc) is 2.75. The van der Waals surface area contributed by atoms with Gasteiger partial charge in [0.1, 0.15) is 11.2 Å². The molecule has 128 valence electrons. The fourth-order valence-electron chi connectivity index (χ4n) is 2.30. The van der Waals surface area contributed by atoms with Crippen molar-refractivity contribution in [3.05, 3.63) is 11.8 Å². The molecule has 5 heteroatoms. The first-order chi connectivity index (χ1) is 9.54. The number of carbonyl (C=O) groups excluding carboxylic acids is 1. The van der Waals surface area contributed by atoms with Crippen LogP contribution in [0.15, 0.2) is 11.8 Å². The number of hydrogen-bond donors (Lipinski definition) is 0. The second-order valence-electron chi connectivity index (χ2n) is 9.45. The van der Waals surface area contributed by atoms with Gasteiger partial charge in [0.05, 0.1) is 8.07 Å². The van der Waals surface area contributed by atoms with Crippen LogP contribution >= 0.6 is 0 Å². The predicted molar refractivity (Wildman–Crippen MR) is 98.3 cm³/mol. The number of hydrogen-bond acceptors (Lipinski definition) is 3. The smallest absolute Gasteiger partial charge is 0.303 e. The van der Waals surface area contributed by atoms with E-state index in [-0.39, 0.29) is 11.0 Å². The number of ether oxygens (including phenoxy) is 1. The second-order valence-corrected chi connectivity index (χ2v) is 19.2. The molecule has 1 fully saturated rings. The van der Waals surface area contributed by atoms with Gasteiger partial charge in [-0.3, -0.25) is 4.79 Å². The lowest BCUT2D eigenvalue weighted by molar-refractivity contribution is -0.150. The summed E-state index contributed by atoms with van der Waals surface area (Å²) in [5.74, 6) is -0.232. The molecule has 1 rings (SSSR count). The highest BCUT2D eigenvalue weighted by atomic mass is 28.4. The first kappa shape index (κ1) is 19.7. The summed E-state index contributed by atoms with van der Waals surface area (Å²) in [6.45, 7) is 21.6. The molecule has 1 aliphatic rings. The van der Waals surface area contributed by atoms with E-state index in [1.54, 1.807) is 0 Å². The van der Waals surface area contributed by atoms with Crippen molar-refractivity contribution < 1.29 is 14.0 Å². The van der Waals surface area contributed by atoms with Gasteiger partial charge in [-0.15, -0.1) is 0 Å². The summed E-state index contributed by atoms with van der Waals surface area (Å²) in [6.07, 6.45) is 2.95. The molecule has 22 heavy (non-hydrogen) atoms. The lowest BCUT2D eigenvalue weighted by atomic mass is 10.2. The molecular formula is C17H34O3Si2. The lowest BCUT2D eigenvalue weighted by Crippen LogP contribution is -2.47. The van der Waals surface area contributed by atoms with Crippen LogP contribution in [0.5, 0.6) is 0 Å².